The maximum absolute atomic E-state index is 14.6. The lowest BCUT2D eigenvalue weighted by atomic mass is 10.0. The highest BCUT2D eigenvalue weighted by Crippen LogP contribution is 2.29. The van der Waals surface area contributed by atoms with Gasteiger partial charge in [0.15, 0.2) is 0 Å². The zero-order valence-electron chi connectivity index (χ0n) is 26.2. The number of aryl methyl sites for hydroxylation is 1. The molecule has 0 aromatic heterocycles. The third kappa shape index (κ3) is 7.83. The van der Waals surface area contributed by atoms with E-state index in [0.717, 1.165) is 46.7 Å². The SMILES string of the molecule is Cc1cccc(N(CC(=O)N(Cc2ccc(F)cc2)[C@H](Cc2ccccc2)C(=O)NC2CCCC2)S(=O)(=O)c2ccccc2)c1C. The highest BCUT2D eigenvalue weighted by atomic mass is 32.2. The van der Waals surface area contributed by atoms with Gasteiger partial charge < -0.3 is 10.2 Å². The minimum atomic E-state index is -4.19. The molecule has 46 heavy (non-hydrogen) atoms. The molecule has 0 spiro atoms. The maximum Gasteiger partial charge on any atom is 0.264 e. The Hall–Kier alpha value is -4.50. The van der Waals surface area contributed by atoms with Crippen molar-refractivity contribution < 1.29 is 22.4 Å². The molecular weight excluding hydrogens is 601 g/mol. The topological polar surface area (TPSA) is 86.8 Å². The lowest BCUT2D eigenvalue weighted by Gasteiger charge is -2.34. The van der Waals surface area contributed by atoms with Crippen molar-refractivity contribution in [2.75, 3.05) is 10.8 Å². The van der Waals surface area contributed by atoms with Crippen LogP contribution in [0.1, 0.15) is 47.9 Å². The minimum absolute atomic E-state index is 0.0125. The van der Waals surface area contributed by atoms with Crippen LogP contribution in [0.4, 0.5) is 10.1 Å². The summed E-state index contributed by atoms with van der Waals surface area (Å²) in [4.78, 5) is 30.2. The van der Waals surface area contributed by atoms with Gasteiger partial charge in [0, 0.05) is 19.0 Å². The fraction of sp³-hybridized carbons (Fsp3) is 0.297. The Morgan fingerprint density at radius 2 is 1.46 bits per heavy atom. The number of benzene rings is 4. The van der Waals surface area contributed by atoms with E-state index in [1.807, 2.05) is 50.2 Å². The van der Waals surface area contributed by atoms with Gasteiger partial charge in [0.1, 0.15) is 18.4 Å². The summed E-state index contributed by atoms with van der Waals surface area (Å²) < 4.78 is 43.4. The monoisotopic (exact) mass is 641 g/mol. The number of rotatable bonds is 12. The molecule has 1 atom stereocenters. The first-order chi connectivity index (χ1) is 22.1. The summed E-state index contributed by atoms with van der Waals surface area (Å²) in [5.41, 5.74) is 3.45. The lowest BCUT2D eigenvalue weighted by molar-refractivity contribution is -0.140. The summed E-state index contributed by atoms with van der Waals surface area (Å²) in [5.74, 6) is -1.26. The fourth-order valence-electron chi connectivity index (χ4n) is 5.95. The number of halogens is 1. The molecule has 0 saturated heterocycles. The van der Waals surface area contributed by atoms with Crippen molar-refractivity contribution in [2.45, 2.75) is 69.5 Å². The number of sulfonamides is 1. The largest absolute Gasteiger partial charge is 0.352 e. The van der Waals surface area contributed by atoms with Crippen molar-refractivity contribution in [1.29, 1.82) is 0 Å². The summed E-state index contributed by atoms with van der Waals surface area (Å²) in [5, 5.41) is 3.16. The van der Waals surface area contributed by atoms with Crippen LogP contribution in [0, 0.1) is 19.7 Å². The highest BCUT2D eigenvalue weighted by molar-refractivity contribution is 7.92. The maximum atomic E-state index is 14.6. The van der Waals surface area contributed by atoms with E-state index in [9.17, 15) is 22.4 Å². The molecule has 1 N–H and O–H groups in total. The van der Waals surface area contributed by atoms with Crippen LogP contribution in [0.15, 0.2) is 108 Å². The molecule has 7 nitrogen and oxygen atoms in total. The van der Waals surface area contributed by atoms with Crippen molar-refractivity contribution in [2.24, 2.45) is 0 Å². The molecule has 0 radical (unpaired) electrons. The quantitative estimate of drug-likeness (QED) is 0.196. The summed E-state index contributed by atoms with van der Waals surface area (Å²) >= 11 is 0. The molecule has 0 aliphatic heterocycles. The number of carbonyl (C=O) groups is 2. The minimum Gasteiger partial charge on any atom is -0.352 e. The van der Waals surface area contributed by atoms with Crippen molar-refractivity contribution in [3.8, 4) is 0 Å². The van der Waals surface area contributed by atoms with E-state index in [-0.39, 0.29) is 29.8 Å². The third-order valence-electron chi connectivity index (χ3n) is 8.69. The number of carbonyl (C=O) groups excluding carboxylic acids is 2. The molecule has 5 rings (SSSR count). The number of hydrogen-bond acceptors (Lipinski definition) is 4. The zero-order chi connectivity index (χ0) is 32.7. The number of amides is 2. The van der Waals surface area contributed by atoms with Crippen molar-refractivity contribution in [1.82, 2.24) is 10.2 Å². The van der Waals surface area contributed by atoms with Gasteiger partial charge >= 0.3 is 0 Å². The Labute approximate surface area is 271 Å². The lowest BCUT2D eigenvalue weighted by Crippen LogP contribution is -2.54. The Bertz CT molecular complexity index is 1740. The Kier molecular flexibility index (Phi) is 10.5. The van der Waals surface area contributed by atoms with Gasteiger partial charge in [-0.25, -0.2) is 12.8 Å². The number of nitrogens with zero attached hydrogens (tertiary/aromatic N) is 2. The molecule has 240 valence electrons. The van der Waals surface area contributed by atoms with Gasteiger partial charge in [0.25, 0.3) is 10.0 Å². The van der Waals surface area contributed by atoms with Crippen LogP contribution in [0.25, 0.3) is 0 Å². The van der Waals surface area contributed by atoms with E-state index in [4.69, 9.17) is 0 Å². The molecule has 4 aromatic rings. The highest BCUT2D eigenvalue weighted by Gasteiger charge is 2.36. The van der Waals surface area contributed by atoms with Gasteiger partial charge in [0.2, 0.25) is 11.8 Å². The Balaban J connectivity index is 1.58. The van der Waals surface area contributed by atoms with Crippen molar-refractivity contribution >= 4 is 27.5 Å². The predicted octanol–water partition coefficient (Wildman–Crippen LogP) is 6.34. The number of hydrogen-bond donors (Lipinski definition) is 1. The summed E-state index contributed by atoms with van der Waals surface area (Å²) in [6.07, 6.45) is 4.00. The first kappa shape index (κ1) is 32.9. The third-order valence-corrected chi connectivity index (χ3v) is 10.5. The van der Waals surface area contributed by atoms with Crippen LogP contribution >= 0.6 is 0 Å². The van der Waals surface area contributed by atoms with Crippen LogP contribution in [-0.4, -0.2) is 43.8 Å². The fourth-order valence-corrected chi connectivity index (χ4v) is 7.44. The molecule has 1 aliphatic carbocycles. The molecule has 1 aliphatic rings. The van der Waals surface area contributed by atoms with Gasteiger partial charge in [0.05, 0.1) is 10.6 Å². The van der Waals surface area contributed by atoms with Crippen LogP contribution < -0.4 is 9.62 Å². The number of anilines is 1. The normalized spacial score (nSPS) is 14.1. The molecule has 1 fully saturated rings. The smallest absolute Gasteiger partial charge is 0.264 e. The first-order valence-electron chi connectivity index (χ1n) is 15.7. The molecule has 0 bridgehead atoms. The molecule has 2 amide bonds. The first-order valence-corrected chi connectivity index (χ1v) is 17.1. The number of nitrogens with one attached hydrogen (secondary N) is 1. The Morgan fingerprint density at radius 3 is 2.11 bits per heavy atom. The Morgan fingerprint density at radius 1 is 0.826 bits per heavy atom. The molecule has 0 heterocycles. The van der Waals surface area contributed by atoms with E-state index < -0.39 is 34.3 Å². The van der Waals surface area contributed by atoms with E-state index in [2.05, 4.69) is 5.32 Å². The van der Waals surface area contributed by atoms with Gasteiger partial charge in [-0.1, -0.05) is 85.6 Å². The molecule has 1 saturated carbocycles. The van der Waals surface area contributed by atoms with Gasteiger partial charge in [-0.2, -0.15) is 0 Å². The van der Waals surface area contributed by atoms with Crippen LogP contribution in [0.3, 0.4) is 0 Å². The van der Waals surface area contributed by atoms with Crippen LogP contribution in [-0.2, 0) is 32.6 Å². The molecule has 4 aromatic carbocycles. The standard InChI is InChI=1S/C37H40FN3O4S/c1-27-12-11-19-34(28(27)2)41(46(44,45)33-17-7-4-8-18-33)26-36(42)40(25-30-20-22-31(38)23-21-30)35(24-29-13-5-3-6-14-29)37(43)39-32-15-9-10-16-32/h3-8,11-14,17-23,32,35H,9-10,15-16,24-26H2,1-2H3,(H,39,43)/t35-/m1/s1. The molecule has 0 unspecified atom stereocenters. The van der Waals surface area contributed by atoms with E-state index >= 15 is 0 Å². The molecular formula is C37H40FN3O4S. The second kappa shape index (κ2) is 14.7. The van der Waals surface area contributed by atoms with E-state index in [0.29, 0.717) is 11.3 Å². The summed E-state index contributed by atoms with van der Waals surface area (Å²) in [6.45, 7) is 3.16. The second-order valence-corrected chi connectivity index (χ2v) is 13.7. The van der Waals surface area contributed by atoms with Crippen molar-refractivity contribution in [3.63, 3.8) is 0 Å². The average Bonchev–Trinajstić information content (AvgIpc) is 3.57. The predicted molar refractivity (Wildman–Crippen MR) is 178 cm³/mol. The zero-order valence-corrected chi connectivity index (χ0v) is 27.0. The second-order valence-electron chi connectivity index (χ2n) is 11.9. The van der Waals surface area contributed by atoms with Crippen molar-refractivity contribution in [3.05, 3.63) is 131 Å². The average molecular weight is 642 g/mol. The van der Waals surface area contributed by atoms with Crippen LogP contribution in [0.2, 0.25) is 0 Å². The van der Waals surface area contributed by atoms with Gasteiger partial charge in [-0.05, 0) is 79.3 Å². The van der Waals surface area contributed by atoms with Gasteiger partial charge in [-0.15, -0.1) is 0 Å². The van der Waals surface area contributed by atoms with Crippen LogP contribution in [0.5, 0.6) is 0 Å². The molecule has 9 heteroatoms. The van der Waals surface area contributed by atoms with E-state index in [1.165, 1.54) is 29.2 Å². The summed E-state index contributed by atoms with van der Waals surface area (Å²) in [6, 6.07) is 27.6. The summed E-state index contributed by atoms with van der Waals surface area (Å²) in [7, 11) is -4.19. The van der Waals surface area contributed by atoms with E-state index in [1.54, 1.807) is 42.5 Å². The van der Waals surface area contributed by atoms with Gasteiger partial charge in [-0.3, -0.25) is 13.9 Å².